The minimum absolute atomic E-state index is 0.0611. The van der Waals surface area contributed by atoms with Crippen LogP contribution in [0.15, 0.2) is 22.7 Å². The number of H-pyrrole nitrogens is 1. The van der Waals surface area contributed by atoms with E-state index in [1.807, 2.05) is 24.3 Å². The van der Waals surface area contributed by atoms with Gasteiger partial charge in [0.1, 0.15) is 5.69 Å². The first-order valence-corrected chi connectivity index (χ1v) is 11.9. The number of carbonyl (C=O) groups excluding carboxylic acids is 2. The quantitative estimate of drug-likeness (QED) is 0.514. The van der Waals surface area contributed by atoms with Crippen molar-refractivity contribution in [3.05, 3.63) is 50.8 Å². The molecule has 2 aliphatic rings. The van der Waals surface area contributed by atoms with E-state index < -0.39 is 0 Å². The summed E-state index contributed by atoms with van der Waals surface area (Å²) >= 11 is 3.49. The van der Waals surface area contributed by atoms with Crippen molar-refractivity contribution in [1.82, 2.24) is 15.2 Å². The second-order valence-corrected chi connectivity index (χ2v) is 8.98. The summed E-state index contributed by atoms with van der Waals surface area (Å²) in [7, 11) is 0. The summed E-state index contributed by atoms with van der Waals surface area (Å²) in [5.74, 6) is -0.175. The van der Waals surface area contributed by atoms with Crippen LogP contribution in [0.5, 0.6) is 0 Å². The lowest BCUT2D eigenvalue weighted by molar-refractivity contribution is -0.110. The zero-order valence-electron chi connectivity index (χ0n) is 18.1. The molecule has 0 saturated carbocycles. The van der Waals surface area contributed by atoms with E-state index in [1.54, 1.807) is 0 Å². The monoisotopic (exact) mass is 484 g/mol. The molecule has 2 aromatic rings. The number of rotatable bonds is 7. The van der Waals surface area contributed by atoms with E-state index in [1.165, 1.54) is 5.56 Å². The number of halogens is 1. The lowest BCUT2D eigenvalue weighted by Gasteiger charge is -2.18. The summed E-state index contributed by atoms with van der Waals surface area (Å²) in [6.45, 7) is 7.66. The highest BCUT2D eigenvalue weighted by molar-refractivity contribution is 9.10. The Morgan fingerprint density at radius 3 is 2.68 bits per heavy atom. The van der Waals surface area contributed by atoms with E-state index >= 15 is 0 Å². The van der Waals surface area contributed by atoms with Crippen LogP contribution in [0.2, 0.25) is 0 Å². The van der Waals surface area contributed by atoms with Gasteiger partial charge in [0.05, 0.1) is 5.57 Å². The van der Waals surface area contributed by atoms with Crippen molar-refractivity contribution in [1.29, 1.82) is 0 Å². The molecule has 1 aliphatic carbocycles. The molecule has 6 nitrogen and oxygen atoms in total. The van der Waals surface area contributed by atoms with E-state index in [2.05, 4.69) is 50.3 Å². The molecule has 3 N–H and O–H groups in total. The van der Waals surface area contributed by atoms with Crippen LogP contribution in [-0.2, 0) is 17.6 Å². The fourth-order valence-corrected chi connectivity index (χ4v) is 4.85. The molecule has 0 unspecified atom stereocenters. The van der Waals surface area contributed by atoms with Gasteiger partial charge >= 0.3 is 0 Å². The van der Waals surface area contributed by atoms with Crippen molar-refractivity contribution in [2.75, 3.05) is 31.5 Å². The van der Waals surface area contributed by atoms with Gasteiger partial charge in [-0.05, 0) is 74.2 Å². The SMILES string of the molecule is CCN(CC)CCNC(=O)c1[nH]c(/C=C2\C(=O)Nc3ccc(Br)cc32)c2c1CCCC2. The van der Waals surface area contributed by atoms with Gasteiger partial charge in [0.15, 0.2) is 0 Å². The van der Waals surface area contributed by atoms with Gasteiger partial charge in [-0.25, -0.2) is 0 Å². The van der Waals surface area contributed by atoms with Crippen molar-refractivity contribution >= 4 is 45.1 Å². The van der Waals surface area contributed by atoms with Crippen LogP contribution in [0.3, 0.4) is 0 Å². The van der Waals surface area contributed by atoms with E-state index in [4.69, 9.17) is 0 Å². The van der Waals surface area contributed by atoms with Crippen LogP contribution in [0, 0.1) is 0 Å². The minimum Gasteiger partial charge on any atom is -0.351 e. The molecule has 0 bridgehead atoms. The molecule has 164 valence electrons. The molecule has 0 atom stereocenters. The molecule has 1 aliphatic heterocycles. The number of hydrogen-bond acceptors (Lipinski definition) is 3. The Kier molecular flexibility index (Phi) is 6.62. The molecule has 0 spiro atoms. The number of nitrogens with zero attached hydrogens (tertiary/aromatic N) is 1. The number of aromatic nitrogens is 1. The highest BCUT2D eigenvalue weighted by Gasteiger charge is 2.27. The lowest BCUT2D eigenvalue weighted by atomic mass is 9.91. The van der Waals surface area contributed by atoms with Crippen LogP contribution in [0.4, 0.5) is 5.69 Å². The van der Waals surface area contributed by atoms with E-state index in [-0.39, 0.29) is 11.8 Å². The Bertz CT molecular complexity index is 1040. The van der Waals surface area contributed by atoms with Gasteiger partial charge in [0.2, 0.25) is 0 Å². The summed E-state index contributed by atoms with van der Waals surface area (Å²) in [5.41, 5.74) is 6.11. The maximum Gasteiger partial charge on any atom is 0.268 e. The second kappa shape index (κ2) is 9.40. The van der Waals surface area contributed by atoms with Crippen LogP contribution >= 0.6 is 15.9 Å². The van der Waals surface area contributed by atoms with E-state index in [0.29, 0.717) is 17.8 Å². The van der Waals surface area contributed by atoms with Gasteiger partial charge < -0.3 is 20.5 Å². The first-order valence-electron chi connectivity index (χ1n) is 11.1. The average molecular weight is 485 g/mol. The Morgan fingerprint density at radius 2 is 1.94 bits per heavy atom. The number of aromatic amines is 1. The van der Waals surface area contributed by atoms with Gasteiger partial charge in [-0.3, -0.25) is 9.59 Å². The Hall–Kier alpha value is -2.38. The van der Waals surface area contributed by atoms with Crippen molar-refractivity contribution in [3.63, 3.8) is 0 Å². The molecule has 0 radical (unpaired) electrons. The molecule has 31 heavy (non-hydrogen) atoms. The molecular formula is C24H29BrN4O2. The van der Waals surface area contributed by atoms with Crippen LogP contribution in [0.25, 0.3) is 11.6 Å². The Morgan fingerprint density at radius 1 is 1.19 bits per heavy atom. The summed E-state index contributed by atoms with van der Waals surface area (Å²) in [6.07, 6.45) is 5.90. The normalized spacial score (nSPS) is 16.4. The first kappa shape index (κ1) is 21.8. The largest absolute Gasteiger partial charge is 0.351 e. The molecule has 2 heterocycles. The smallest absolute Gasteiger partial charge is 0.268 e. The molecule has 4 rings (SSSR count). The molecule has 0 saturated heterocycles. The van der Waals surface area contributed by atoms with Crippen molar-refractivity contribution in [3.8, 4) is 0 Å². The van der Waals surface area contributed by atoms with Gasteiger partial charge in [-0.15, -0.1) is 0 Å². The van der Waals surface area contributed by atoms with E-state index in [9.17, 15) is 9.59 Å². The van der Waals surface area contributed by atoms with Gasteiger partial charge in [-0.2, -0.15) is 0 Å². The van der Waals surface area contributed by atoms with Crippen molar-refractivity contribution in [2.45, 2.75) is 39.5 Å². The maximum absolute atomic E-state index is 13.0. The lowest BCUT2D eigenvalue weighted by Crippen LogP contribution is -2.35. The third-order valence-corrected chi connectivity index (χ3v) is 6.74. The predicted molar refractivity (Wildman–Crippen MR) is 128 cm³/mol. The third-order valence-electron chi connectivity index (χ3n) is 6.24. The number of anilines is 1. The Balaban J connectivity index is 1.63. The zero-order chi connectivity index (χ0) is 22.0. The Labute approximate surface area is 191 Å². The second-order valence-electron chi connectivity index (χ2n) is 8.06. The fourth-order valence-electron chi connectivity index (χ4n) is 4.48. The highest BCUT2D eigenvalue weighted by atomic mass is 79.9. The molecule has 0 fully saturated rings. The predicted octanol–water partition coefficient (Wildman–Crippen LogP) is 4.22. The summed E-state index contributed by atoms with van der Waals surface area (Å²) in [5, 5.41) is 6.00. The molecule has 2 amide bonds. The molecule has 1 aromatic carbocycles. The number of nitrogens with one attached hydrogen (secondary N) is 3. The number of amides is 2. The first-order chi connectivity index (χ1) is 15.0. The van der Waals surface area contributed by atoms with Gasteiger partial charge in [-0.1, -0.05) is 29.8 Å². The maximum atomic E-state index is 13.0. The van der Waals surface area contributed by atoms with Crippen LogP contribution in [0.1, 0.15) is 59.6 Å². The van der Waals surface area contributed by atoms with Crippen LogP contribution < -0.4 is 10.6 Å². The van der Waals surface area contributed by atoms with E-state index in [0.717, 1.165) is 72.3 Å². The van der Waals surface area contributed by atoms with Crippen LogP contribution in [-0.4, -0.2) is 47.9 Å². The number of fused-ring (bicyclic) bond motifs is 2. The number of likely N-dealkylation sites (N-methyl/N-ethyl adjacent to an activating group) is 1. The van der Waals surface area contributed by atoms with Crippen molar-refractivity contribution in [2.24, 2.45) is 0 Å². The van der Waals surface area contributed by atoms with Crippen molar-refractivity contribution < 1.29 is 9.59 Å². The number of benzene rings is 1. The minimum atomic E-state index is -0.113. The fraction of sp³-hybridized carbons (Fsp3) is 0.417. The third kappa shape index (κ3) is 4.48. The summed E-state index contributed by atoms with van der Waals surface area (Å²) in [4.78, 5) is 31.2. The topological polar surface area (TPSA) is 77.2 Å². The standard InChI is InChI=1S/C24H29BrN4O2/c1-3-29(4-2)12-11-26-24(31)22-17-8-6-5-7-16(17)21(27-22)14-19-18-13-15(25)9-10-20(18)28-23(19)30/h9-10,13-14,27H,3-8,11-12H2,1-2H3,(H,26,31)(H,28,30)/b19-14-. The average Bonchev–Trinajstić information content (AvgIpc) is 3.29. The number of carbonyl (C=O) groups is 2. The summed E-state index contributed by atoms with van der Waals surface area (Å²) in [6, 6.07) is 5.77. The molecule has 1 aromatic heterocycles. The highest BCUT2D eigenvalue weighted by Crippen LogP contribution is 2.37. The van der Waals surface area contributed by atoms with Gasteiger partial charge in [0, 0.05) is 34.5 Å². The number of hydrogen-bond donors (Lipinski definition) is 3. The zero-order valence-corrected chi connectivity index (χ0v) is 19.7. The summed E-state index contributed by atoms with van der Waals surface area (Å²) < 4.78 is 0.926. The molecular weight excluding hydrogens is 456 g/mol. The molecule has 7 heteroatoms. The van der Waals surface area contributed by atoms with Gasteiger partial charge in [0.25, 0.3) is 11.8 Å².